The van der Waals surface area contributed by atoms with Crippen molar-refractivity contribution in [3.8, 4) is 11.3 Å². The fourth-order valence-corrected chi connectivity index (χ4v) is 7.56. The summed E-state index contributed by atoms with van der Waals surface area (Å²) in [6.07, 6.45) is 8.48. The van der Waals surface area contributed by atoms with Crippen molar-refractivity contribution in [3.63, 3.8) is 0 Å². The van der Waals surface area contributed by atoms with E-state index in [9.17, 15) is 9.90 Å². The van der Waals surface area contributed by atoms with Gasteiger partial charge in [0, 0.05) is 58.0 Å². The van der Waals surface area contributed by atoms with Crippen molar-refractivity contribution in [1.82, 2.24) is 4.98 Å². The summed E-state index contributed by atoms with van der Waals surface area (Å²) in [5, 5.41) is 15.6. The molecule has 0 fully saturated rings. The van der Waals surface area contributed by atoms with Crippen LogP contribution in [0.25, 0.3) is 42.4 Å². The molecule has 0 aliphatic heterocycles. The molecule has 5 rings (SSSR count). The largest absolute Gasteiger partial charge is 0.512 e. The second-order valence-electron chi connectivity index (χ2n) is 14.0. The molecule has 0 saturated heterocycles. The molecule has 3 heterocycles. The fraction of sp³-hybridized carbons (Fsp3) is 0.415. The number of rotatable bonds is 10. The Morgan fingerprint density at radius 3 is 2.23 bits per heavy atom. The first-order valence-electron chi connectivity index (χ1n) is 16.6. The van der Waals surface area contributed by atoms with Gasteiger partial charge in [-0.25, -0.2) is 0 Å². The van der Waals surface area contributed by atoms with Gasteiger partial charge in [0.25, 0.3) is 0 Å². The Labute approximate surface area is 308 Å². The summed E-state index contributed by atoms with van der Waals surface area (Å²) in [4.78, 5) is 18.2. The minimum absolute atomic E-state index is 0. The van der Waals surface area contributed by atoms with E-state index in [2.05, 4.69) is 70.7 Å². The van der Waals surface area contributed by atoms with Crippen LogP contribution in [-0.2, 0) is 30.3 Å². The van der Waals surface area contributed by atoms with E-state index >= 15 is 0 Å². The van der Waals surface area contributed by atoms with E-state index in [1.54, 1.807) is 23.1 Å². The van der Waals surface area contributed by atoms with Gasteiger partial charge in [-0.2, -0.15) is 11.8 Å². The first kappa shape index (κ1) is 39.7. The number of aliphatic hydroxyl groups excluding tert-OH is 1. The predicted molar refractivity (Wildman–Crippen MR) is 204 cm³/mol. The van der Waals surface area contributed by atoms with Crippen LogP contribution < -0.4 is 0 Å². The number of pyridine rings is 1. The zero-order valence-electron chi connectivity index (χ0n) is 30.1. The number of aliphatic hydroxyl groups is 1. The van der Waals surface area contributed by atoms with Crippen LogP contribution in [0.3, 0.4) is 0 Å². The number of carbonyl (C=O) groups is 1. The zero-order chi connectivity index (χ0) is 34.7. The maximum absolute atomic E-state index is 12.2. The summed E-state index contributed by atoms with van der Waals surface area (Å²) in [7, 11) is 0. The summed E-state index contributed by atoms with van der Waals surface area (Å²) in [6, 6.07) is 14.3. The molecule has 48 heavy (non-hydrogen) atoms. The van der Waals surface area contributed by atoms with Crippen molar-refractivity contribution >= 4 is 60.0 Å². The van der Waals surface area contributed by atoms with E-state index in [1.165, 1.54) is 36.7 Å². The van der Waals surface area contributed by atoms with Crippen LogP contribution in [0.4, 0.5) is 0 Å². The van der Waals surface area contributed by atoms with Crippen LogP contribution >= 0.6 is 23.1 Å². The number of nitrogens with zero attached hydrogens (tertiary/aromatic N) is 1. The number of ketones is 1. The van der Waals surface area contributed by atoms with Crippen molar-refractivity contribution in [2.75, 3.05) is 0 Å². The molecule has 4 nitrogen and oxygen atoms in total. The van der Waals surface area contributed by atoms with E-state index in [0.717, 1.165) is 53.5 Å². The third kappa shape index (κ3) is 8.02. The Kier molecular flexibility index (Phi) is 13.2. The summed E-state index contributed by atoms with van der Waals surface area (Å²) >= 11 is 3.43. The van der Waals surface area contributed by atoms with E-state index in [-0.39, 0.29) is 47.9 Å². The fourth-order valence-electron chi connectivity index (χ4n) is 5.65. The number of hydrogen-bond acceptors (Lipinski definition) is 6. The second-order valence-corrected chi connectivity index (χ2v) is 16.1. The Morgan fingerprint density at radius 1 is 1.00 bits per heavy atom. The average Bonchev–Trinajstić information content (AvgIpc) is 3.61. The maximum Gasteiger partial charge on any atom is 0.164 e. The van der Waals surface area contributed by atoms with Crippen LogP contribution in [0.2, 0.25) is 0 Å². The number of allylic oxidation sites excluding steroid dienone is 2. The van der Waals surface area contributed by atoms with Crippen molar-refractivity contribution in [2.24, 2.45) is 10.8 Å². The molecule has 0 bridgehead atoms. The van der Waals surface area contributed by atoms with Gasteiger partial charge in [-0.3, -0.25) is 4.79 Å². The SMILES string of the molecule is C=CSc1c[c-]c(-c2nccc3sc4cc5occ(C)c5cc4c23)cc1C(C)(C)C.CCC(C)(CC)C(=O)/C=C(\O)C(C)(CC)CC.[Ir]. The molecule has 2 aromatic carbocycles. The molecule has 259 valence electrons. The number of furan rings is 1. The second kappa shape index (κ2) is 15.9. The number of aromatic nitrogens is 1. The van der Waals surface area contributed by atoms with Gasteiger partial charge in [0.15, 0.2) is 5.78 Å². The molecule has 3 aromatic heterocycles. The molecule has 0 saturated carbocycles. The molecule has 1 N–H and O–H groups in total. The van der Waals surface area contributed by atoms with Crippen LogP contribution in [0.1, 0.15) is 99.1 Å². The smallest absolute Gasteiger partial charge is 0.164 e. The number of hydrogen-bond donors (Lipinski definition) is 1. The third-order valence-corrected chi connectivity index (χ3v) is 11.9. The molecular formula is C41H50IrNO3S2-. The number of fused-ring (bicyclic) bond motifs is 4. The van der Waals surface area contributed by atoms with Crippen LogP contribution in [0.15, 0.2) is 75.9 Å². The Morgan fingerprint density at radius 2 is 1.65 bits per heavy atom. The Hall–Kier alpha value is -2.70. The molecule has 0 spiro atoms. The van der Waals surface area contributed by atoms with E-state index < -0.39 is 0 Å². The summed E-state index contributed by atoms with van der Waals surface area (Å²) in [5.74, 6) is 0.286. The number of thioether (sulfide) groups is 1. The van der Waals surface area contributed by atoms with Gasteiger partial charge in [-0.15, -0.1) is 40.7 Å². The average molecular weight is 861 g/mol. The minimum Gasteiger partial charge on any atom is -0.512 e. The van der Waals surface area contributed by atoms with E-state index in [4.69, 9.17) is 9.40 Å². The molecular weight excluding hydrogens is 811 g/mol. The Balaban J connectivity index is 0.000000301. The standard InChI is InChI=1S/C26H22NOS2.C15H28O2.Ir/c1-6-29-21-8-7-16(11-19(21)26(3,4)5)25-24-18-12-17-15(2)14-28-20(17)13-23(18)30-22(24)9-10-27-25;1-7-14(5,8-2)12(16)11-13(17)15(6,9-3)10-4;/h6,8-14H,1H2,2-5H3;11,16H,7-10H2,1-6H3;/q-1;;/b;12-11-;. The van der Waals surface area contributed by atoms with Crippen molar-refractivity contribution < 1.29 is 34.4 Å². The Bertz CT molecular complexity index is 1930. The molecule has 7 heteroatoms. The first-order chi connectivity index (χ1) is 22.2. The van der Waals surface area contributed by atoms with Gasteiger partial charge in [-0.05, 0) is 83.7 Å². The van der Waals surface area contributed by atoms with E-state index in [0.29, 0.717) is 0 Å². The van der Waals surface area contributed by atoms with Gasteiger partial charge in [0.1, 0.15) is 11.3 Å². The molecule has 0 aliphatic carbocycles. The first-order valence-corrected chi connectivity index (χ1v) is 18.3. The van der Waals surface area contributed by atoms with Gasteiger partial charge in [0.2, 0.25) is 0 Å². The van der Waals surface area contributed by atoms with Crippen molar-refractivity contribution in [3.05, 3.63) is 83.8 Å². The van der Waals surface area contributed by atoms with Gasteiger partial charge < -0.3 is 14.5 Å². The van der Waals surface area contributed by atoms with Gasteiger partial charge >= 0.3 is 0 Å². The summed E-state index contributed by atoms with van der Waals surface area (Å²) < 4.78 is 8.18. The predicted octanol–water partition coefficient (Wildman–Crippen LogP) is 13.2. The topological polar surface area (TPSA) is 63.3 Å². The van der Waals surface area contributed by atoms with Crippen molar-refractivity contribution in [2.45, 2.75) is 105 Å². The van der Waals surface area contributed by atoms with Crippen LogP contribution in [-0.4, -0.2) is 15.9 Å². The van der Waals surface area contributed by atoms with Crippen LogP contribution in [0, 0.1) is 23.8 Å². The molecule has 1 radical (unpaired) electrons. The number of thiophene rings is 1. The number of benzene rings is 2. The number of carbonyl (C=O) groups excluding carboxylic acids is 1. The molecule has 0 amide bonds. The maximum atomic E-state index is 12.2. The molecule has 0 aliphatic rings. The minimum atomic E-state index is -0.337. The van der Waals surface area contributed by atoms with E-state index in [1.807, 2.05) is 59.4 Å². The summed E-state index contributed by atoms with van der Waals surface area (Å²) in [6.45, 7) is 24.8. The van der Waals surface area contributed by atoms with Crippen LogP contribution in [0.5, 0.6) is 0 Å². The van der Waals surface area contributed by atoms with Gasteiger partial charge in [-0.1, -0.05) is 73.8 Å². The molecule has 0 atom stereocenters. The zero-order valence-corrected chi connectivity index (χ0v) is 34.1. The monoisotopic (exact) mass is 861 g/mol. The van der Waals surface area contributed by atoms with Crippen molar-refractivity contribution in [1.29, 1.82) is 0 Å². The molecule has 5 aromatic rings. The molecule has 0 unspecified atom stereocenters. The normalized spacial score (nSPS) is 12.6. The van der Waals surface area contributed by atoms with Gasteiger partial charge in [0.05, 0.1) is 6.26 Å². The summed E-state index contributed by atoms with van der Waals surface area (Å²) in [5.41, 5.74) is 4.81. The quantitative estimate of drug-likeness (QED) is 0.0656. The number of aryl methyl sites for hydroxylation is 1. The third-order valence-electron chi connectivity index (χ3n) is 10.1.